The number of halogens is 1. The van der Waals surface area contributed by atoms with Crippen molar-refractivity contribution in [2.75, 3.05) is 6.61 Å². The number of benzene rings is 1. The maximum absolute atomic E-state index is 6.02. The Morgan fingerprint density at radius 2 is 1.95 bits per heavy atom. The molecule has 106 valence electrons. The number of rotatable bonds is 5. The maximum atomic E-state index is 6.02. The Morgan fingerprint density at radius 1 is 1.32 bits per heavy atom. The first-order valence-electron chi connectivity index (χ1n) is 6.83. The van der Waals surface area contributed by atoms with Crippen LogP contribution in [0.2, 0.25) is 0 Å². The van der Waals surface area contributed by atoms with Crippen molar-refractivity contribution in [3.63, 3.8) is 0 Å². The van der Waals surface area contributed by atoms with Gasteiger partial charge in [0.15, 0.2) is 0 Å². The lowest BCUT2D eigenvalue weighted by Crippen LogP contribution is -2.59. The van der Waals surface area contributed by atoms with Gasteiger partial charge in [0.2, 0.25) is 0 Å². The second-order valence-electron chi connectivity index (χ2n) is 5.26. The molecule has 1 aromatic carbocycles. The standard InChI is InChI=1S/C15H22BrNO2/c1-4-5-18-15-12(17)8-13(15)19-11-6-9(2)14(16)10(3)7-11/h6-7,12-13,15H,4-5,8,17H2,1-3H3. The summed E-state index contributed by atoms with van der Waals surface area (Å²) in [4.78, 5) is 0. The lowest BCUT2D eigenvalue weighted by atomic mass is 9.86. The van der Waals surface area contributed by atoms with E-state index >= 15 is 0 Å². The van der Waals surface area contributed by atoms with E-state index in [-0.39, 0.29) is 18.2 Å². The van der Waals surface area contributed by atoms with E-state index in [2.05, 4.69) is 48.8 Å². The van der Waals surface area contributed by atoms with Crippen LogP contribution in [0.1, 0.15) is 30.9 Å². The summed E-state index contributed by atoms with van der Waals surface area (Å²) in [5.41, 5.74) is 8.35. The Kier molecular flexibility index (Phi) is 4.87. The number of aryl methyl sites for hydroxylation is 2. The van der Waals surface area contributed by atoms with E-state index in [1.165, 1.54) is 11.1 Å². The second-order valence-corrected chi connectivity index (χ2v) is 6.06. The molecule has 2 N–H and O–H groups in total. The summed E-state index contributed by atoms with van der Waals surface area (Å²) < 4.78 is 12.9. The van der Waals surface area contributed by atoms with Crippen LogP contribution >= 0.6 is 15.9 Å². The van der Waals surface area contributed by atoms with Crippen molar-refractivity contribution in [2.24, 2.45) is 5.73 Å². The second kappa shape index (κ2) is 6.25. The molecule has 3 nitrogen and oxygen atoms in total. The fourth-order valence-electron chi connectivity index (χ4n) is 2.37. The van der Waals surface area contributed by atoms with Gasteiger partial charge in [0.25, 0.3) is 0 Å². The van der Waals surface area contributed by atoms with Crippen molar-refractivity contribution in [3.8, 4) is 5.75 Å². The van der Waals surface area contributed by atoms with E-state index in [0.29, 0.717) is 0 Å². The van der Waals surface area contributed by atoms with Crippen LogP contribution < -0.4 is 10.5 Å². The molecular weight excluding hydrogens is 306 g/mol. The largest absolute Gasteiger partial charge is 0.488 e. The van der Waals surface area contributed by atoms with Gasteiger partial charge in [0.05, 0.1) is 0 Å². The lowest BCUT2D eigenvalue weighted by Gasteiger charge is -2.41. The maximum Gasteiger partial charge on any atom is 0.128 e. The minimum Gasteiger partial charge on any atom is -0.488 e. The molecule has 1 saturated carbocycles. The van der Waals surface area contributed by atoms with Crippen molar-refractivity contribution in [1.82, 2.24) is 0 Å². The van der Waals surface area contributed by atoms with Gasteiger partial charge in [-0.1, -0.05) is 22.9 Å². The molecule has 0 bridgehead atoms. The predicted molar refractivity (Wildman–Crippen MR) is 80.7 cm³/mol. The quantitative estimate of drug-likeness (QED) is 0.902. The molecule has 3 unspecified atom stereocenters. The van der Waals surface area contributed by atoms with Crippen LogP contribution in [0.25, 0.3) is 0 Å². The van der Waals surface area contributed by atoms with Gasteiger partial charge in [0, 0.05) is 23.5 Å². The van der Waals surface area contributed by atoms with E-state index in [1.54, 1.807) is 0 Å². The lowest BCUT2D eigenvalue weighted by molar-refractivity contribution is -0.0980. The normalized spacial score (nSPS) is 26.1. The first-order valence-corrected chi connectivity index (χ1v) is 7.62. The van der Waals surface area contributed by atoms with E-state index in [4.69, 9.17) is 15.2 Å². The summed E-state index contributed by atoms with van der Waals surface area (Å²) in [7, 11) is 0. The zero-order valence-electron chi connectivity index (χ0n) is 11.8. The molecule has 0 aromatic heterocycles. The highest BCUT2D eigenvalue weighted by Gasteiger charge is 2.41. The molecule has 1 aliphatic rings. The Bertz CT molecular complexity index is 427. The molecule has 19 heavy (non-hydrogen) atoms. The molecule has 0 saturated heterocycles. The van der Waals surface area contributed by atoms with Crippen LogP contribution in [-0.4, -0.2) is 24.9 Å². The van der Waals surface area contributed by atoms with Gasteiger partial charge in [-0.3, -0.25) is 0 Å². The van der Waals surface area contributed by atoms with Gasteiger partial charge in [-0.2, -0.15) is 0 Å². The number of hydrogen-bond donors (Lipinski definition) is 1. The van der Waals surface area contributed by atoms with Crippen LogP contribution in [0, 0.1) is 13.8 Å². The molecule has 4 heteroatoms. The van der Waals surface area contributed by atoms with Crippen LogP contribution in [0.5, 0.6) is 5.75 Å². The molecule has 0 aliphatic heterocycles. The van der Waals surface area contributed by atoms with Gasteiger partial charge < -0.3 is 15.2 Å². The summed E-state index contributed by atoms with van der Waals surface area (Å²) in [6, 6.07) is 4.21. The first kappa shape index (κ1) is 14.8. The number of hydrogen-bond acceptors (Lipinski definition) is 3. The molecule has 0 heterocycles. The SMILES string of the molecule is CCCOC1C(N)CC1Oc1cc(C)c(Br)c(C)c1. The minimum atomic E-state index is 0.0317. The number of ether oxygens (including phenoxy) is 2. The van der Waals surface area contributed by atoms with Gasteiger partial charge in [-0.25, -0.2) is 0 Å². The molecule has 1 aromatic rings. The van der Waals surface area contributed by atoms with Gasteiger partial charge >= 0.3 is 0 Å². The minimum absolute atomic E-state index is 0.0317. The summed E-state index contributed by atoms with van der Waals surface area (Å²) in [5, 5.41) is 0. The monoisotopic (exact) mass is 327 g/mol. The average molecular weight is 328 g/mol. The predicted octanol–water partition coefficient (Wildman–Crippen LogP) is 3.34. The molecule has 1 fully saturated rings. The zero-order chi connectivity index (χ0) is 14.0. The van der Waals surface area contributed by atoms with E-state index in [9.17, 15) is 0 Å². The Morgan fingerprint density at radius 3 is 2.47 bits per heavy atom. The Hall–Kier alpha value is -0.580. The van der Waals surface area contributed by atoms with E-state index in [0.717, 1.165) is 29.7 Å². The highest BCUT2D eigenvalue weighted by atomic mass is 79.9. The smallest absolute Gasteiger partial charge is 0.128 e. The third-order valence-electron chi connectivity index (χ3n) is 3.50. The van der Waals surface area contributed by atoms with Crippen LogP contribution in [0.3, 0.4) is 0 Å². The molecule has 1 aliphatic carbocycles. The van der Waals surface area contributed by atoms with Gasteiger partial charge in [-0.05, 0) is 43.5 Å². The summed E-state index contributed by atoms with van der Waals surface area (Å²) in [6.45, 7) is 6.99. The highest BCUT2D eigenvalue weighted by molar-refractivity contribution is 9.10. The van der Waals surface area contributed by atoms with E-state index in [1.807, 2.05) is 0 Å². The molecular formula is C15H22BrNO2. The molecule has 0 spiro atoms. The molecule has 0 radical (unpaired) electrons. The summed E-state index contributed by atoms with van der Waals surface area (Å²) >= 11 is 3.57. The summed E-state index contributed by atoms with van der Waals surface area (Å²) in [5.74, 6) is 0.903. The Labute approximate surface area is 123 Å². The fourth-order valence-corrected chi connectivity index (χ4v) is 2.59. The van der Waals surface area contributed by atoms with Crippen molar-refractivity contribution in [1.29, 1.82) is 0 Å². The van der Waals surface area contributed by atoms with Crippen molar-refractivity contribution in [2.45, 2.75) is 51.9 Å². The van der Waals surface area contributed by atoms with Crippen LogP contribution in [-0.2, 0) is 4.74 Å². The first-order chi connectivity index (χ1) is 9.02. The Balaban J connectivity index is 2.01. The number of nitrogens with two attached hydrogens (primary N) is 1. The third kappa shape index (κ3) is 3.30. The third-order valence-corrected chi connectivity index (χ3v) is 4.76. The van der Waals surface area contributed by atoms with E-state index < -0.39 is 0 Å². The highest BCUT2D eigenvalue weighted by Crippen LogP contribution is 2.31. The summed E-state index contributed by atoms with van der Waals surface area (Å²) in [6.07, 6.45) is 1.99. The molecule has 3 atom stereocenters. The van der Waals surface area contributed by atoms with Crippen molar-refractivity contribution >= 4 is 15.9 Å². The van der Waals surface area contributed by atoms with Crippen LogP contribution in [0.4, 0.5) is 0 Å². The van der Waals surface area contributed by atoms with Crippen molar-refractivity contribution < 1.29 is 9.47 Å². The fraction of sp³-hybridized carbons (Fsp3) is 0.600. The molecule has 0 amide bonds. The topological polar surface area (TPSA) is 44.5 Å². The van der Waals surface area contributed by atoms with Crippen LogP contribution in [0.15, 0.2) is 16.6 Å². The average Bonchev–Trinajstić information content (AvgIpc) is 2.35. The van der Waals surface area contributed by atoms with Gasteiger partial charge in [-0.15, -0.1) is 0 Å². The van der Waals surface area contributed by atoms with Gasteiger partial charge in [0.1, 0.15) is 18.0 Å². The zero-order valence-corrected chi connectivity index (χ0v) is 13.4. The van der Waals surface area contributed by atoms with Crippen molar-refractivity contribution in [3.05, 3.63) is 27.7 Å². The molecule has 2 rings (SSSR count).